The molecule has 0 saturated heterocycles. The van der Waals surface area contributed by atoms with Gasteiger partial charge in [-0.2, -0.15) is 5.26 Å². The highest BCUT2D eigenvalue weighted by Gasteiger charge is 2.12. The van der Waals surface area contributed by atoms with Crippen LogP contribution in [0, 0.1) is 11.3 Å². The third kappa shape index (κ3) is 3.96. The number of benzene rings is 3. The van der Waals surface area contributed by atoms with E-state index in [2.05, 4.69) is 6.07 Å². The van der Waals surface area contributed by atoms with E-state index in [0.29, 0.717) is 24.5 Å². The lowest BCUT2D eigenvalue weighted by molar-refractivity contribution is 0.0697. The highest BCUT2D eigenvalue weighted by molar-refractivity contribution is 5.90. The van der Waals surface area contributed by atoms with E-state index in [0.717, 1.165) is 22.3 Å². The normalized spacial score (nSPS) is 10.5. The molecule has 0 aliphatic rings. The van der Waals surface area contributed by atoms with Crippen LogP contribution in [0.2, 0.25) is 0 Å². The zero-order chi connectivity index (χ0) is 20.9. The first-order valence-electron chi connectivity index (χ1n) is 9.35. The minimum Gasteiger partial charge on any atom is -0.490 e. The number of aromatic carboxylic acids is 1. The van der Waals surface area contributed by atoms with Crippen molar-refractivity contribution in [2.75, 3.05) is 13.2 Å². The van der Waals surface area contributed by atoms with E-state index in [-0.39, 0.29) is 5.56 Å². The number of fused-ring (bicyclic) bond motifs is 1. The summed E-state index contributed by atoms with van der Waals surface area (Å²) < 4.78 is 13.3. The number of hydrogen-bond acceptors (Lipinski definition) is 4. The van der Waals surface area contributed by atoms with Crippen molar-refractivity contribution in [1.29, 1.82) is 5.26 Å². The van der Waals surface area contributed by atoms with Gasteiger partial charge >= 0.3 is 5.97 Å². The van der Waals surface area contributed by atoms with Crippen LogP contribution < -0.4 is 9.47 Å². The third-order valence-electron chi connectivity index (χ3n) is 4.65. The molecule has 0 aliphatic heterocycles. The summed E-state index contributed by atoms with van der Waals surface area (Å²) in [6, 6.07) is 23.8. The summed E-state index contributed by atoms with van der Waals surface area (Å²) in [6.45, 7) is 0.781. The van der Waals surface area contributed by atoms with Crippen molar-refractivity contribution < 1.29 is 19.4 Å². The minimum atomic E-state index is -0.977. The van der Waals surface area contributed by atoms with Gasteiger partial charge in [0.25, 0.3) is 0 Å². The summed E-state index contributed by atoms with van der Waals surface area (Å²) in [5.74, 6) is 0.457. The van der Waals surface area contributed by atoms with Gasteiger partial charge in [-0.1, -0.05) is 18.2 Å². The number of carboxylic acid groups (broad SMARTS) is 1. The van der Waals surface area contributed by atoms with Gasteiger partial charge in [0, 0.05) is 17.3 Å². The standard InChI is InChI=1S/C24H18N2O4/c25-15-18-16-26(19-8-6-17(7-9-19)24(27)28)23-11-10-21(14-22(18)23)30-13-12-29-20-4-2-1-3-5-20/h1-11,14,16H,12-13H2,(H,27,28). The molecule has 0 unspecified atom stereocenters. The molecule has 0 saturated carbocycles. The van der Waals surface area contributed by atoms with Crippen molar-refractivity contribution >= 4 is 16.9 Å². The Morgan fingerprint density at radius 3 is 2.30 bits per heavy atom. The van der Waals surface area contributed by atoms with Crippen LogP contribution in [0.5, 0.6) is 11.5 Å². The van der Waals surface area contributed by atoms with E-state index in [1.807, 2.05) is 53.1 Å². The first-order chi connectivity index (χ1) is 14.7. The molecule has 30 heavy (non-hydrogen) atoms. The summed E-state index contributed by atoms with van der Waals surface area (Å²) in [7, 11) is 0. The molecule has 6 heteroatoms. The number of ether oxygens (including phenoxy) is 2. The average Bonchev–Trinajstić information content (AvgIpc) is 3.15. The van der Waals surface area contributed by atoms with Crippen molar-refractivity contribution in [3.63, 3.8) is 0 Å². The number of para-hydroxylation sites is 1. The Morgan fingerprint density at radius 1 is 0.933 bits per heavy atom. The molecule has 4 aromatic rings. The van der Waals surface area contributed by atoms with E-state index in [1.165, 1.54) is 0 Å². The molecule has 1 N–H and O–H groups in total. The summed E-state index contributed by atoms with van der Waals surface area (Å²) >= 11 is 0. The van der Waals surface area contributed by atoms with Gasteiger partial charge in [0.2, 0.25) is 0 Å². The monoisotopic (exact) mass is 398 g/mol. The molecule has 0 fully saturated rings. The molecule has 0 spiro atoms. The molecule has 148 valence electrons. The Labute approximate surface area is 173 Å². The van der Waals surface area contributed by atoms with Crippen LogP contribution in [0.25, 0.3) is 16.6 Å². The third-order valence-corrected chi connectivity index (χ3v) is 4.65. The Hall–Kier alpha value is -4.24. The zero-order valence-corrected chi connectivity index (χ0v) is 16.0. The maximum absolute atomic E-state index is 11.1. The fourth-order valence-corrected chi connectivity index (χ4v) is 3.20. The molecule has 0 bridgehead atoms. The van der Waals surface area contributed by atoms with Crippen molar-refractivity contribution in [1.82, 2.24) is 4.57 Å². The van der Waals surface area contributed by atoms with Crippen molar-refractivity contribution in [2.24, 2.45) is 0 Å². The van der Waals surface area contributed by atoms with Gasteiger partial charge in [-0.3, -0.25) is 0 Å². The van der Waals surface area contributed by atoms with E-state index in [1.54, 1.807) is 30.5 Å². The SMILES string of the molecule is N#Cc1cn(-c2ccc(C(=O)O)cc2)c2ccc(OCCOc3ccccc3)cc12. The number of nitriles is 1. The van der Waals surface area contributed by atoms with Crippen LogP contribution in [-0.2, 0) is 0 Å². The summed E-state index contributed by atoms with van der Waals surface area (Å²) in [4.78, 5) is 11.1. The first kappa shape index (κ1) is 19.1. The fourth-order valence-electron chi connectivity index (χ4n) is 3.20. The molecule has 6 nitrogen and oxygen atoms in total. The van der Waals surface area contributed by atoms with Crippen LogP contribution in [-0.4, -0.2) is 28.9 Å². The first-order valence-corrected chi connectivity index (χ1v) is 9.35. The highest BCUT2D eigenvalue weighted by Crippen LogP contribution is 2.28. The van der Waals surface area contributed by atoms with E-state index < -0.39 is 5.97 Å². The zero-order valence-electron chi connectivity index (χ0n) is 16.0. The molecule has 4 rings (SSSR count). The molecule has 1 heterocycles. The smallest absolute Gasteiger partial charge is 0.335 e. The number of rotatable bonds is 7. The predicted molar refractivity (Wildman–Crippen MR) is 112 cm³/mol. The lowest BCUT2D eigenvalue weighted by Gasteiger charge is -2.09. The number of hydrogen-bond donors (Lipinski definition) is 1. The molecule has 0 amide bonds. The Balaban J connectivity index is 1.53. The molecule has 0 radical (unpaired) electrons. The lowest BCUT2D eigenvalue weighted by atomic mass is 10.2. The summed E-state index contributed by atoms with van der Waals surface area (Å²) in [5, 5.41) is 19.4. The van der Waals surface area contributed by atoms with Crippen molar-refractivity contribution in [2.45, 2.75) is 0 Å². The second kappa shape index (κ2) is 8.41. The van der Waals surface area contributed by atoms with Crippen molar-refractivity contribution in [3.05, 3.63) is 90.1 Å². The second-order valence-corrected chi connectivity index (χ2v) is 6.57. The number of carboxylic acids is 1. The van der Waals surface area contributed by atoms with E-state index in [4.69, 9.17) is 14.6 Å². The molecular formula is C24H18N2O4. The molecule has 0 atom stereocenters. The quantitative estimate of drug-likeness (QED) is 0.458. The van der Waals surface area contributed by atoms with Crippen LogP contribution in [0.3, 0.4) is 0 Å². The number of nitrogens with zero attached hydrogens (tertiary/aromatic N) is 2. The van der Waals surface area contributed by atoms with Gasteiger partial charge in [-0.25, -0.2) is 4.79 Å². The van der Waals surface area contributed by atoms with Crippen molar-refractivity contribution in [3.8, 4) is 23.3 Å². The average molecular weight is 398 g/mol. The van der Waals surface area contributed by atoms with Crippen LogP contribution >= 0.6 is 0 Å². The van der Waals surface area contributed by atoms with Gasteiger partial charge in [0.1, 0.15) is 30.8 Å². The maximum atomic E-state index is 11.1. The number of carbonyl (C=O) groups is 1. The highest BCUT2D eigenvalue weighted by atomic mass is 16.5. The largest absolute Gasteiger partial charge is 0.490 e. The van der Waals surface area contributed by atoms with E-state index >= 15 is 0 Å². The Morgan fingerprint density at radius 2 is 1.63 bits per heavy atom. The van der Waals surface area contributed by atoms with Gasteiger partial charge in [0.15, 0.2) is 0 Å². The second-order valence-electron chi connectivity index (χ2n) is 6.57. The number of aromatic nitrogens is 1. The van der Waals surface area contributed by atoms with Gasteiger partial charge < -0.3 is 19.1 Å². The molecule has 0 aliphatic carbocycles. The predicted octanol–water partition coefficient (Wildman–Crippen LogP) is 4.66. The molecular weight excluding hydrogens is 380 g/mol. The fraction of sp³-hybridized carbons (Fsp3) is 0.0833. The topological polar surface area (TPSA) is 84.5 Å². The van der Waals surface area contributed by atoms with Gasteiger partial charge in [-0.15, -0.1) is 0 Å². The van der Waals surface area contributed by atoms with Crippen LogP contribution in [0.1, 0.15) is 15.9 Å². The Kier molecular flexibility index (Phi) is 5.35. The molecule has 3 aromatic carbocycles. The van der Waals surface area contributed by atoms with Crippen LogP contribution in [0.4, 0.5) is 0 Å². The molecule has 1 aromatic heterocycles. The summed E-state index contributed by atoms with van der Waals surface area (Å²) in [6.07, 6.45) is 1.74. The van der Waals surface area contributed by atoms with Gasteiger partial charge in [-0.05, 0) is 54.6 Å². The lowest BCUT2D eigenvalue weighted by Crippen LogP contribution is -2.08. The van der Waals surface area contributed by atoms with Gasteiger partial charge in [0.05, 0.1) is 16.6 Å². The maximum Gasteiger partial charge on any atom is 0.335 e. The van der Waals surface area contributed by atoms with Crippen LogP contribution in [0.15, 0.2) is 79.0 Å². The minimum absolute atomic E-state index is 0.212. The van der Waals surface area contributed by atoms with E-state index in [9.17, 15) is 10.1 Å². The summed E-state index contributed by atoms with van der Waals surface area (Å²) in [5.41, 5.74) is 2.33. The Bertz CT molecular complexity index is 1220.